The first kappa shape index (κ1) is 10.6. The van der Waals surface area contributed by atoms with Gasteiger partial charge >= 0.3 is 0 Å². The highest BCUT2D eigenvalue weighted by Gasteiger charge is 2.10. The predicted molar refractivity (Wildman–Crippen MR) is 59.7 cm³/mol. The quantitative estimate of drug-likeness (QED) is 0.749. The van der Waals surface area contributed by atoms with Crippen molar-refractivity contribution in [2.24, 2.45) is 0 Å². The highest BCUT2D eigenvalue weighted by molar-refractivity contribution is 5.16. The van der Waals surface area contributed by atoms with Gasteiger partial charge in [0.05, 0.1) is 13.2 Å². The van der Waals surface area contributed by atoms with Crippen molar-refractivity contribution in [3.63, 3.8) is 0 Å². The minimum Gasteiger partial charge on any atom is -0.379 e. The van der Waals surface area contributed by atoms with Crippen LogP contribution in [0.25, 0.3) is 0 Å². The molecule has 1 aliphatic heterocycles. The van der Waals surface area contributed by atoms with Gasteiger partial charge in [0.15, 0.2) is 0 Å². The summed E-state index contributed by atoms with van der Waals surface area (Å²) in [5.74, 6) is 0. The van der Waals surface area contributed by atoms with Gasteiger partial charge in [0.1, 0.15) is 0 Å². The lowest BCUT2D eigenvalue weighted by molar-refractivity contribution is 0.0342. The Morgan fingerprint density at radius 1 is 1.40 bits per heavy atom. The number of aryl methyl sites for hydroxylation is 1. The van der Waals surface area contributed by atoms with E-state index in [0.29, 0.717) is 0 Å². The second-order valence-electron chi connectivity index (χ2n) is 3.90. The van der Waals surface area contributed by atoms with E-state index in [0.717, 1.165) is 39.3 Å². The van der Waals surface area contributed by atoms with Crippen molar-refractivity contribution < 1.29 is 4.74 Å². The molecule has 15 heavy (non-hydrogen) atoms. The molecule has 1 saturated heterocycles. The number of pyridine rings is 1. The molecule has 1 aliphatic rings. The van der Waals surface area contributed by atoms with E-state index < -0.39 is 0 Å². The van der Waals surface area contributed by atoms with Crippen LogP contribution in [0.3, 0.4) is 0 Å². The van der Waals surface area contributed by atoms with E-state index in [2.05, 4.69) is 28.9 Å². The number of morpholine rings is 1. The van der Waals surface area contributed by atoms with Crippen molar-refractivity contribution in [1.82, 2.24) is 9.88 Å². The van der Waals surface area contributed by atoms with Crippen molar-refractivity contribution >= 4 is 0 Å². The lowest BCUT2D eigenvalue weighted by atomic mass is 10.2. The monoisotopic (exact) mass is 206 g/mol. The topological polar surface area (TPSA) is 25.4 Å². The lowest BCUT2D eigenvalue weighted by Gasteiger charge is -2.26. The van der Waals surface area contributed by atoms with Gasteiger partial charge in [0, 0.05) is 31.5 Å². The summed E-state index contributed by atoms with van der Waals surface area (Å²) in [7, 11) is 0. The summed E-state index contributed by atoms with van der Waals surface area (Å²) in [4.78, 5) is 6.74. The van der Waals surface area contributed by atoms with Crippen LogP contribution in [0.1, 0.15) is 18.2 Å². The molecule has 0 radical (unpaired) electrons. The van der Waals surface area contributed by atoms with E-state index in [1.165, 1.54) is 11.3 Å². The van der Waals surface area contributed by atoms with Gasteiger partial charge in [0.25, 0.3) is 0 Å². The second-order valence-corrected chi connectivity index (χ2v) is 3.90. The zero-order valence-electron chi connectivity index (χ0n) is 9.28. The van der Waals surface area contributed by atoms with Crippen LogP contribution in [0.15, 0.2) is 18.3 Å². The molecule has 0 saturated carbocycles. The van der Waals surface area contributed by atoms with E-state index >= 15 is 0 Å². The molecule has 0 aliphatic carbocycles. The summed E-state index contributed by atoms with van der Waals surface area (Å²) in [5.41, 5.74) is 2.55. The van der Waals surface area contributed by atoms with E-state index in [4.69, 9.17) is 4.74 Å². The average Bonchev–Trinajstić information content (AvgIpc) is 2.31. The van der Waals surface area contributed by atoms with Crippen molar-refractivity contribution in [2.75, 3.05) is 26.3 Å². The largest absolute Gasteiger partial charge is 0.379 e. The Balaban J connectivity index is 1.96. The Bertz CT molecular complexity index is 308. The van der Waals surface area contributed by atoms with Crippen LogP contribution in [-0.2, 0) is 17.7 Å². The van der Waals surface area contributed by atoms with Gasteiger partial charge in [0.2, 0.25) is 0 Å². The summed E-state index contributed by atoms with van der Waals surface area (Å²) in [6.07, 6.45) is 2.92. The van der Waals surface area contributed by atoms with Gasteiger partial charge in [-0.1, -0.05) is 6.92 Å². The van der Waals surface area contributed by atoms with Crippen molar-refractivity contribution in [1.29, 1.82) is 0 Å². The molecule has 1 aromatic heterocycles. The van der Waals surface area contributed by atoms with Crippen LogP contribution in [-0.4, -0.2) is 36.2 Å². The molecule has 0 amide bonds. The SMILES string of the molecule is CCc1cc(CN2CCOCC2)ccn1. The number of hydrogen-bond acceptors (Lipinski definition) is 3. The third kappa shape index (κ3) is 3.01. The van der Waals surface area contributed by atoms with E-state index in [-0.39, 0.29) is 0 Å². The van der Waals surface area contributed by atoms with Crippen LogP contribution in [0, 0.1) is 0 Å². The van der Waals surface area contributed by atoms with Gasteiger partial charge in [-0.05, 0) is 24.1 Å². The molecule has 0 aromatic carbocycles. The summed E-state index contributed by atoms with van der Waals surface area (Å²) < 4.78 is 5.33. The molecule has 2 heterocycles. The summed E-state index contributed by atoms with van der Waals surface area (Å²) in [6, 6.07) is 4.31. The Labute approximate surface area is 91.1 Å². The number of ether oxygens (including phenoxy) is 1. The highest BCUT2D eigenvalue weighted by atomic mass is 16.5. The minimum absolute atomic E-state index is 0.867. The minimum atomic E-state index is 0.867. The van der Waals surface area contributed by atoms with Crippen LogP contribution in [0.4, 0.5) is 0 Å². The third-order valence-electron chi connectivity index (χ3n) is 2.75. The second kappa shape index (κ2) is 5.24. The standard InChI is InChI=1S/C12H18N2O/c1-2-12-9-11(3-4-13-12)10-14-5-7-15-8-6-14/h3-4,9H,2,5-8,10H2,1H3. The third-order valence-corrected chi connectivity index (χ3v) is 2.75. The Morgan fingerprint density at radius 3 is 2.93 bits per heavy atom. The zero-order chi connectivity index (χ0) is 10.5. The van der Waals surface area contributed by atoms with Gasteiger partial charge in [-0.3, -0.25) is 9.88 Å². The van der Waals surface area contributed by atoms with Gasteiger partial charge in [-0.2, -0.15) is 0 Å². The molecular weight excluding hydrogens is 188 g/mol. The molecule has 1 aromatic rings. The fraction of sp³-hybridized carbons (Fsp3) is 0.583. The van der Waals surface area contributed by atoms with Gasteiger partial charge < -0.3 is 4.74 Å². The molecule has 82 valence electrons. The molecule has 0 bridgehead atoms. The van der Waals surface area contributed by atoms with Gasteiger partial charge in [-0.25, -0.2) is 0 Å². The Kier molecular flexibility index (Phi) is 3.69. The molecule has 0 atom stereocenters. The fourth-order valence-electron chi connectivity index (χ4n) is 1.84. The maximum atomic E-state index is 5.33. The van der Waals surface area contributed by atoms with Crippen LogP contribution in [0.2, 0.25) is 0 Å². The van der Waals surface area contributed by atoms with Gasteiger partial charge in [-0.15, -0.1) is 0 Å². The molecule has 3 heteroatoms. The molecule has 2 rings (SSSR count). The number of hydrogen-bond donors (Lipinski definition) is 0. The summed E-state index contributed by atoms with van der Waals surface area (Å²) in [5, 5.41) is 0. The molecular formula is C12H18N2O. The first-order chi connectivity index (χ1) is 7.38. The Hall–Kier alpha value is -0.930. The van der Waals surface area contributed by atoms with Crippen LogP contribution in [0.5, 0.6) is 0 Å². The smallest absolute Gasteiger partial charge is 0.0594 e. The molecule has 0 unspecified atom stereocenters. The van der Waals surface area contributed by atoms with Crippen molar-refractivity contribution in [3.05, 3.63) is 29.6 Å². The normalized spacial score (nSPS) is 17.9. The maximum absolute atomic E-state index is 5.33. The number of nitrogens with zero attached hydrogens (tertiary/aromatic N) is 2. The van der Waals surface area contributed by atoms with E-state index in [1.807, 2.05) is 6.20 Å². The average molecular weight is 206 g/mol. The maximum Gasteiger partial charge on any atom is 0.0594 e. The number of rotatable bonds is 3. The lowest BCUT2D eigenvalue weighted by Crippen LogP contribution is -2.35. The van der Waals surface area contributed by atoms with Crippen LogP contribution >= 0.6 is 0 Å². The molecule has 1 fully saturated rings. The molecule has 3 nitrogen and oxygen atoms in total. The highest BCUT2D eigenvalue weighted by Crippen LogP contribution is 2.08. The summed E-state index contributed by atoms with van der Waals surface area (Å²) >= 11 is 0. The van der Waals surface area contributed by atoms with Crippen molar-refractivity contribution in [2.45, 2.75) is 19.9 Å². The molecule has 0 N–H and O–H groups in total. The van der Waals surface area contributed by atoms with Crippen molar-refractivity contribution in [3.8, 4) is 0 Å². The first-order valence-electron chi connectivity index (χ1n) is 5.62. The summed E-state index contributed by atoms with van der Waals surface area (Å²) in [6.45, 7) is 6.99. The van der Waals surface area contributed by atoms with E-state index in [1.54, 1.807) is 0 Å². The van der Waals surface area contributed by atoms with Crippen LogP contribution < -0.4 is 0 Å². The first-order valence-corrected chi connectivity index (χ1v) is 5.62. The zero-order valence-corrected chi connectivity index (χ0v) is 9.28. The van der Waals surface area contributed by atoms with E-state index in [9.17, 15) is 0 Å². The fourth-order valence-corrected chi connectivity index (χ4v) is 1.84. The Morgan fingerprint density at radius 2 is 2.20 bits per heavy atom. The molecule has 0 spiro atoms. The number of aromatic nitrogens is 1. The predicted octanol–water partition coefficient (Wildman–Crippen LogP) is 1.48.